The maximum absolute atomic E-state index is 11.4. The summed E-state index contributed by atoms with van der Waals surface area (Å²) in [6.07, 6.45) is 6.52. The molecule has 0 aromatic carbocycles. The number of pyridine rings is 2. The summed E-state index contributed by atoms with van der Waals surface area (Å²) in [5, 5.41) is 11.6. The van der Waals surface area contributed by atoms with Gasteiger partial charge >= 0.3 is 12.1 Å². The highest BCUT2D eigenvalue weighted by atomic mass is 16.2. The first-order valence-corrected chi connectivity index (χ1v) is 6.49. The van der Waals surface area contributed by atoms with Crippen LogP contribution in [0.3, 0.4) is 0 Å². The van der Waals surface area contributed by atoms with Gasteiger partial charge in [-0.3, -0.25) is 9.97 Å². The van der Waals surface area contributed by atoms with Gasteiger partial charge in [-0.25, -0.2) is 9.59 Å². The molecule has 0 saturated heterocycles. The maximum atomic E-state index is 11.4. The summed E-state index contributed by atoms with van der Waals surface area (Å²) in [6.45, 7) is 0.534. The fourth-order valence-electron chi connectivity index (χ4n) is 1.52. The molecule has 0 aliphatic heterocycles. The maximum Gasteiger partial charge on any atom is 0.360 e. The third-order valence-corrected chi connectivity index (χ3v) is 2.56. The van der Waals surface area contributed by atoms with Gasteiger partial charge in [0, 0.05) is 37.9 Å². The molecule has 0 aliphatic rings. The summed E-state index contributed by atoms with van der Waals surface area (Å²) < 4.78 is 0. The van der Waals surface area contributed by atoms with E-state index in [0.717, 1.165) is 11.1 Å². The Morgan fingerprint density at radius 1 is 0.864 bits per heavy atom. The van der Waals surface area contributed by atoms with Crippen molar-refractivity contribution in [1.82, 2.24) is 20.6 Å². The molecule has 112 valence electrons. The van der Waals surface area contributed by atoms with Crippen molar-refractivity contribution >= 4 is 12.1 Å². The van der Waals surface area contributed by atoms with Gasteiger partial charge in [0.25, 0.3) is 0 Å². The van der Waals surface area contributed by atoms with Gasteiger partial charge in [-0.1, -0.05) is 22.4 Å². The molecule has 0 bridgehead atoms. The second kappa shape index (κ2) is 8.20. The average Bonchev–Trinajstić information content (AvgIpc) is 2.58. The first-order chi connectivity index (χ1) is 10.7. The molecule has 0 atom stereocenters. The minimum atomic E-state index is -0.694. The number of carbonyl (C=O) groups excluding carboxylic acids is 2. The van der Waals surface area contributed by atoms with Gasteiger partial charge in [0.2, 0.25) is 0 Å². The van der Waals surface area contributed by atoms with Crippen LogP contribution in [0.15, 0.2) is 59.3 Å². The highest BCUT2D eigenvalue weighted by molar-refractivity contribution is 5.79. The average molecular weight is 298 g/mol. The molecule has 8 heteroatoms. The number of aromatic nitrogens is 2. The molecule has 0 fully saturated rings. The van der Waals surface area contributed by atoms with E-state index in [-0.39, 0.29) is 13.1 Å². The van der Waals surface area contributed by atoms with Crippen molar-refractivity contribution in [3.05, 3.63) is 60.2 Å². The second-order valence-electron chi connectivity index (χ2n) is 4.24. The number of rotatable bonds is 4. The van der Waals surface area contributed by atoms with Gasteiger partial charge in [0.05, 0.1) is 0 Å². The number of hydrogen-bond acceptors (Lipinski definition) is 4. The van der Waals surface area contributed by atoms with E-state index < -0.39 is 12.1 Å². The molecule has 0 spiro atoms. The van der Waals surface area contributed by atoms with E-state index in [9.17, 15) is 9.59 Å². The zero-order chi connectivity index (χ0) is 15.6. The Hall–Kier alpha value is -3.16. The number of amides is 4. The van der Waals surface area contributed by atoms with Crippen LogP contribution in [-0.4, -0.2) is 22.0 Å². The number of carbonyl (C=O) groups is 2. The molecule has 2 aromatic rings. The molecular formula is C14H14N6O2. The van der Waals surface area contributed by atoms with E-state index in [2.05, 4.69) is 30.8 Å². The Morgan fingerprint density at radius 3 is 1.68 bits per heavy atom. The number of urea groups is 2. The van der Waals surface area contributed by atoms with Crippen LogP contribution in [0, 0.1) is 0 Å². The van der Waals surface area contributed by atoms with Gasteiger partial charge in [-0.15, -0.1) is 0 Å². The number of hydrogen-bond donors (Lipinski definition) is 2. The molecule has 2 heterocycles. The summed E-state index contributed by atoms with van der Waals surface area (Å²) in [7, 11) is 0. The smallest absolute Gasteiger partial charge is 0.331 e. The van der Waals surface area contributed by atoms with E-state index >= 15 is 0 Å². The minimum absolute atomic E-state index is 0.267. The normalized spacial score (nSPS) is 10.4. The van der Waals surface area contributed by atoms with E-state index in [4.69, 9.17) is 0 Å². The van der Waals surface area contributed by atoms with Crippen molar-refractivity contribution in [3.8, 4) is 0 Å². The molecule has 0 unspecified atom stereocenters. The fraction of sp³-hybridized carbons (Fsp3) is 0.143. The molecule has 4 amide bonds. The lowest BCUT2D eigenvalue weighted by Crippen LogP contribution is -2.21. The van der Waals surface area contributed by atoms with Crippen LogP contribution in [0.4, 0.5) is 9.59 Å². The molecule has 2 aromatic heterocycles. The Bertz CT molecular complexity index is 587. The monoisotopic (exact) mass is 298 g/mol. The van der Waals surface area contributed by atoms with Gasteiger partial charge in [-0.2, -0.15) is 0 Å². The zero-order valence-corrected chi connectivity index (χ0v) is 11.6. The quantitative estimate of drug-likeness (QED) is 0.842. The van der Waals surface area contributed by atoms with Crippen molar-refractivity contribution in [2.75, 3.05) is 0 Å². The fourth-order valence-corrected chi connectivity index (χ4v) is 1.52. The molecule has 8 nitrogen and oxygen atoms in total. The van der Waals surface area contributed by atoms with Crippen molar-refractivity contribution < 1.29 is 9.59 Å². The molecular weight excluding hydrogens is 284 g/mol. The van der Waals surface area contributed by atoms with E-state index in [1.165, 1.54) is 0 Å². The summed E-state index contributed by atoms with van der Waals surface area (Å²) in [4.78, 5) is 30.7. The summed E-state index contributed by atoms with van der Waals surface area (Å²) in [6, 6.07) is 5.75. The van der Waals surface area contributed by atoms with Gasteiger partial charge in [0.15, 0.2) is 0 Å². The Morgan fingerprint density at radius 2 is 1.32 bits per heavy atom. The number of azo groups is 1. The standard InChI is InChI=1S/C14H14N6O2/c21-13(17-9-11-3-1-5-15-7-11)19-20-14(22)18-10-12-4-2-6-16-8-12/h1-8H,9-10H2,(H,17,21)(H,18,22). The lowest BCUT2D eigenvalue weighted by atomic mass is 10.3. The SMILES string of the molecule is O=C(N=NC(=O)NCc1cccnc1)NCc1cccnc1. The third kappa shape index (κ3) is 5.45. The molecule has 0 saturated carbocycles. The molecule has 0 radical (unpaired) electrons. The van der Waals surface area contributed by atoms with Gasteiger partial charge in [0.1, 0.15) is 0 Å². The van der Waals surface area contributed by atoms with Crippen molar-refractivity contribution in [3.63, 3.8) is 0 Å². The minimum Gasteiger partial charge on any atom is -0.331 e. The summed E-state index contributed by atoms with van der Waals surface area (Å²) in [5.74, 6) is 0. The largest absolute Gasteiger partial charge is 0.360 e. The lowest BCUT2D eigenvalue weighted by Gasteiger charge is -2.01. The Kier molecular flexibility index (Phi) is 5.68. The van der Waals surface area contributed by atoms with Crippen molar-refractivity contribution in [2.45, 2.75) is 13.1 Å². The highest BCUT2D eigenvalue weighted by Crippen LogP contribution is 1.96. The van der Waals surface area contributed by atoms with E-state index in [0.29, 0.717) is 0 Å². The van der Waals surface area contributed by atoms with Gasteiger partial charge < -0.3 is 10.6 Å². The zero-order valence-electron chi connectivity index (χ0n) is 11.6. The van der Waals surface area contributed by atoms with E-state index in [1.54, 1.807) is 36.9 Å². The molecule has 22 heavy (non-hydrogen) atoms. The number of nitrogens with one attached hydrogen (secondary N) is 2. The highest BCUT2D eigenvalue weighted by Gasteiger charge is 2.02. The first-order valence-electron chi connectivity index (χ1n) is 6.49. The van der Waals surface area contributed by atoms with Crippen LogP contribution in [0.1, 0.15) is 11.1 Å². The van der Waals surface area contributed by atoms with Crippen LogP contribution in [0.25, 0.3) is 0 Å². The van der Waals surface area contributed by atoms with Crippen LogP contribution >= 0.6 is 0 Å². The predicted molar refractivity (Wildman–Crippen MR) is 77.8 cm³/mol. The van der Waals surface area contributed by atoms with Crippen molar-refractivity contribution in [1.29, 1.82) is 0 Å². The summed E-state index contributed by atoms with van der Waals surface area (Å²) in [5.41, 5.74) is 1.65. The molecule has 0 aliphatic carbocycles. The predicted octanol–water partition coefficient (Wildman–Crippen LogP) is 2.05. The topological polar surface area (TPSA) is 109 Å². The second-order valence-corrected chi connectivity index (χ2v) is 4.24. The van der Waals surface area contributed by atoms with Crippen LogP contribution < -0.4 is 10.6 Å². The first kappa shape index (κ1) is 15.2. The third-order valence-electron chi connectivity index (χ3n) is 2.56. The molecule has 2 rings (SSSR count). The van der Waals surface area contributed by atoms with Crippen molar-refractivity contribution in [2.24, 2.45) is 10.2 Å². The van der Waals surface area contributed by atoms with Crippen LogP contribution in [0.2, 0.25) is 0 Å². The summed E-state index contributed by atoms with van der Waals surface area (Å²) >= 11 is 0. The Balaban J connectivity index is 1.71. The molecule has 2 N–H and O–H groups in total. The Labute approximate surface area is 126 Å². The van der Waals surface area contributed by atoms with Crippen LogP contribution in [-0.2, 0) is 13.1 Å². The van der Waals surface area contributed by atoms with E-state index in [1.807, 2.05) is 12.1 Å². The van der Waals surface area contributed by atoms with Gasteiger partial charge in [-0.05, 0) is 23.3 Å². The lowest BCUT2D eigenvalue weighted by molar-refractivity contribution is 0.240. The van der Waals surface area contributed by atoms with Crippen LogP contribution in [0.5, 0.6) is 0 Å². The number of nitrogens with zero attached hydrogens (tertiary/aromatic N) is 4.